The highest BCUT2D eigenvalue weighted by molar-refractivity contribution is 6.00. The molecular weight excluding hydrogens is 454 g/mol. The first-order valence-electron chi connectivity index (χ1n) is 12.1. The molecule has 2 aliphatic rings. The van der Waals surface area contributed by atoms with Gasteiger partial charge in [0.15, 0.2) is 5.58 Å². The normalized spacial score (nSPS) is 23.5. The van der Waals surface area contributed by atoms with Crippen LogP contribution in [0.25, 0.3) is 11.1 Å². The molecule has 0 bridgehead atoms. The van der Waals surface area contributed by atoms with E-state index in [1.807, 2.05) is 6.07 Å². The van der Waals surface area contributed by atoms with Gasteiger partial charge in [-0.1, -0.05) is 26.8 Å². The van der Waals surface area contributed by atoms with E-state index in [1.165, 1.54) is 9.47 Å². The quantitative estimate of drug-likeness (QED) is 0.473. The van der Waals surface area contributed by atoms with Crippen molar-refractivity contribution in [3.63, 3.8) is 0 Å². The zero-order valence-corrected chi connectivity index (χ0v) is 20.4. The molecule has 2 saturated heterocycles. The van der Waals surface area contributed by atoms with Crippen LogP contribution in [0.1, 0.15) is 64.5 Å². The third kappa shape index (κ3) is 5.42. The molecule has 190 valence electrons. The summed E-state index contributed by atoms with van der Waals surface area (Å²) in [6.45, 7) is 7.18. The fourth-order valence-electron chi connectivity index (χ4n) is 5.12. The first-order chi connectivity index (χ1) is 16.5. The number of rotatable bonds is 6. The van der Waals surface area contributed by atoms with Gasteiger partial charge in [-0.2, -0.15) is 0 Å². The highest BCUT2D eigenvalue weighted by atomic mass is 16.5. The van der Waals surface area contributed by atoms with E-state index >= 15 is 0 Å². The summed E-state index contributed by atoms with van der Waals surface area (Å²) >= 11 is 0. The summed E-state index contributed by atoms with van der Waals surface area (Å²) in [4.78, 5) is 49.2. The number of oxazole rings is 1. The Kier molecular flexibility index (Phi) is 7.02. The number of likely N-dealkylation sites (tertiary alicyclic amines) is 1. The smallest absolute Gasteiger partial charge is 0.420 e. The maximum atomic E-state index is 12.4. The number of fused-ring (bicyclic) bond motifs is 1. The van der Waals surface area contributed by atoms with Gasteiger partial charge in [-0.05, 0) is 55.2 Å². The van der Waals surface area contributed by atoms with Crippen molar-refractivity contribution >= 4 is 29.0 Å². The van der Waals surface area contributed by atoms with E-state index in [0.29, 0.717) is 37.1 Å². The van der Waals surface area contributed by atoms with E-state index in [2.05, 4.69) is 26.1 Å². The number of piperidine rings is 2. The minimum atomic E-state index is -0.878. The summed E-state index contributed by atoms with van der Waals surface area (Å²) in [5.74, 6) is -1.44. The van der Waals surface area contributed by atoms with Gasteiger partial charge in [-0.15, -0.1) is 0 Å². The molecule has 10 nitrogen and oxygen atoms in total. The minimum Gasteiger partial charge on any atom is -0.465 e. The number of aryl methyl sites for hydroxylation is 1. The number of benzene rings is 1. The van der Waals surface area contributed by atoms with E-state index in [1.54, 1.807) is 12.1 Å². The Labute approximate surface area is 203 Å². The number of amides is 3. The standard InChI is InChI=1S/C25H33N3O7/c1-25(2,3)20-14-16(10-11-27(20)23(31)32)34-12-4-5-15-6-7-17-19(13-15)35-24(33)28(17)18-8-9-21(29)26-22(18)30/h6-7,13,16,18,20H,4-5,8-12,14H2,1-3H3,(H,31,32)(H,26,29,30). The predicted octanol–water partition coefficient (Wildman–Crippen LogP) is 3.08. The third-order valence-electron chi connectivity index (χ3n) is 6.96. The van der Waals surface area contributed by atoms with Crippen molar-refractivity contribution in [2.45, 2.75) is 77.5 Å². The largest absolute Gasteiger partial charge is 0.465 e. The van der Waals surface area contributed by atoms with Gasteiger partial charge in [0.25, 0.3) is 0 Å². The maximum absolute atomic E-state index is 12.4. The molecule has 3 unspecified atom stereocenters. The Bertz CT molecular complexity index is 1180. The summed E-state index contributed by atoms with van der Waals surface area (Å²) in [7, 11) is 0. The Balaban J connectivity index is 1.34. The average molecular weight is 488 g/mol. The van der Waals surface area contributed by atoms with E-state index in [4.69, 9.17) is 9.15 Å². The number of hydrogen-bond acceptors (Lipinski definition) is 6. The Hall–Kier alpha value is -3.14. The van der Waals surface area contributed by atoms with E-state index in [9.17, 15) is 24.3 Å². The molecule has 0 aliphatic carbocycles. The molecule has 2 aromatic rings. The first kappa shape index (κ1) is 25.0. The monoisotopic (exact) mass is 487 g/mol. The van der Waals surface area contributed by atoms with Crippen LogP contribution >= 0.6 is 0 Å². The summed E-state index contributed by atoms with van der Waals surface area (Å²) < 4.78 is 12.8. The average Bonchev–Trinajstić information content (AvgIpc) is 3.11. The predicted molar refractivity (Wildman–Crippen MR) is 127 cm³/mol. The number of hydrogen-bond donors (Lipinski definition) is 2. The van der Waals surface area contributed by atoms with E-state index in [-0.39, 0.29) is 36.3 Å². The molecule has 0 saturated carbocycles. The van der Waals surface area contributed by atoms with Gasteiger partial charge in [0.05, 0.1) is 11.6 Å². The highest BCUT2D eigenvalue weighted by Gasteiger charge is 2.39. The second kappa shape index (κ2) is 9.85. The van der Waals surface area contributed by atoms with Crippen molar-refractivity contribution in [1.82, 2.24) is 14.8 Å². The number of imide groups is 1. The molecule has 2 fully saturated rings. The molecule has 10 heteroatoms. The number of carbonyl (C=O) groups excluding carboxylic acids is 2. The van der Waals surface area contributed by atoms with Gasteiger partial charge in [-0.25, -0.2) is 9.59 Å². The fraction of sp³-hybridized carbons (Fsp3) is 0.600. The van der Waals surface area contributed by atoms with Crippen LogP contribution in [-0.2, 0) is 20.7 Å². The van der Waals surface area contributed by atoms with Crippen LogP contribution in [0.2, 0.25) is 0 Å². The lowest BCUT2D eigenvalue weighted by atomic mass is 9.80. The highest BCUT2D eigenvalue weighted by Crippen LogP contribution is 2.33. The zero-order chi connectivity index (χ0) is 25.3. The van der Waals surface area contributed by atoms with Gasteiger partial charge in [0, 0.05) is 25.6 Å². The zero-order valence-electron chi connectivity index (χ0n) is 20.4. The molecule has 0 radical (unpaired) electrons. The topological polar surface area (TPSA) is 131 Å². The Morgan fingerprint density at radius 2 is 2.00 bits per heavy atom. The summed E-state index contributed by atoms with van der Waals surface area (Å²) in [6, 6.07) is 4.64. The molecule has 35 heavy (non-hydrogen) atoms. The third-order valence-corrected chi connectivity index (χ3v) is 6.96. The second-order valence-electron chi connectivity index (χ2n) is 10.5. The van der Waals surface area contributed by atoms with Gasteiger partial charge in [0.1, 0.15) is 6.04 Å². The lowest BCUT2D eigenvalue weighted by Gasteiger charge is -2.44. The number of nitrogens with zero attached hydrogens (tertiary/aromatic N) is 2. The molecule has 0 spiro atoms. The molecule has 2 N–H and O–H groups in total. The van der Waals surface area contributed by atoms with Crippen LogP contribution in [-0.4, -0.2) is 57.8 Å². The summed E-state index contributed by atoms with van der Waals surface area (Å²) in [5.41, 5.74) is 1.76. The number of carboxylic acid groups (broad SMARTS) is 1. The number of carbonyl (C=O) groups is 3. The SMILES string of the molecule is CC(C)(C)C1CC(OCCCc2ccc3c(c2)oc(=O)n3C2CCC(=O)NC2=O)CCN1C(=O)O. The van der Waals surface area contributed by atoms with Crippen molar-refractivity contribution < 1.29 is 28.6 Å². The van der Waals surface area contributed by atoms with Gasteiger partial charge < -0.3 is 19.2 Å². The van der Waals surface area contributed by atoms with Crippen molar-refractivity contribution in [3.05, 3.63) is 34.3 Å². The molecule has 2 aliphatic heterocycles. The van der Waals surface area contributed by atoms with Crippen LogP contribution in [0.4, 0.5) is 4.79 Å². The van der Waals surface area contributed by atoms with Crippen molar-refractivity contribution in [2.75, 3.05) is 13.2 Å². The first-order valence-corrected chi connectivity index (χ1v) is 12.1. The molecule has 1 aromatic heterocycles. The Morgan fingerprint density at radius 3 is 2.69 bits per heavy atom. The molecule has 3 atom stereocenters. The van der Waals surface area contributed by atoms with Gasteiger partial charge >= 0.3 is 11.8 Å². The summed E-state index contributed by atoms with van der Waals surface area (Å²) in [6.07, 6.45) is 2.45. The van der Waals surface area contributed by atoms with Crippen LogP contribution in [0.15, 0.2) is 27.4 Å². The van der Waals surface area contributed by atoms with Crippen molar-refractivity contribution in [2.24, 2.45) is 5.41 Å². The van der Waals surface area contributed by atoms with Gasteiger partial charge in [0.2, 0.25) is 11.8 Å². The van der Waals surface area contributed by atoms with Crippen LogP contribution in [0.3, 0.4) is 0 Å². The Morgan fingerprint density at radius 1 is 1.23 bits per heavy atom. The molecule has 4 rings (SSSR count). The maximum Gasteiger partial charge on any atom is 0.420 e. The second-order valence-corrected chi connectivity index (χ2v) is 10.5. The van der Waals surface area contributed by atoms with Gasteiger partial charge in [-0.3, -0.25) is 19.5 Å². The van der Waals surface area contributed by atoms with E-state index < -0.39 is 23.8 Å². The van der Waals surface area contributed by atoms with Crippen LogP contribution < -0.4 is 11.1 Å². The van der Waals surface area contributed by atoms with E-state index in [0.717, 1.165) is 18.4 Å². The van der Waals surface area contributed by atoms with Crippen LogP contribution in [0.5, 0.6) is 0 Å². The number of ether oxygens (including phenoxy) is 1. The fourth-order valence-corrected chi connectivity index (χ4v) is 5.12. The molecule has 3 heterocycles. The van der Waals surface area contributed by atoms with Crippen molar-refractivity contribution in [1.29, 1.82) is 0 Å². The van der Waals surface area contributed by atoms with Crippen molar-refractivity contribution in [3.8, 4) is 0 Å². The lowest BCUT2D eigenvalue weighted by molar-refractivity contribution is -0.135. The lowest BCUT2D eigenvalue weighted by Crippen LogP contribution is -2.53. The number of aromatic nitrogens is 1. The van der Waals surface area contributed by atoms with Crippen LogP contribution in [0, 0.1) is 5.41 Å². The minimum absolute atomic E-state index is 0.0258. The number of nitrogens with one attached hydrogen (secondary N) is 1. The molecular formula is C25H33N3O7. The summed E-state index contributed by atoms with van der Waals surface area (Å²) in [5, 5.41) is 11.8. The molecule has 3 amide bonds. The molecule has 1 aromatic carbocycles.